The van der Waals surface area contributed by atoms with Crippen LogP contribution in [0.5, 0.6) is 5.75 Å². The minimum Gasteiger partial charge on any atom is -0.444 e. The molecule has 1 N–H and O–H groups in total. The molecule has 0 radical (unpaired) electrons. The molecule has 0 atom stereocenters. The fourth-order valence-electron chi connectivity index (χ4n) is 2.23. The molecule has 1 aromatic heterocycles. The first-order valence-electron chi connectivity index (χ1n) is 7.78. The minimum atomic E-state index is -0.707. The first-order valence-corrected chi connectivity index (χ1v) is 7.78. The van der Waals surface area contributed by atoms with Gasteiger partial charge in [-0.05, 0) is 52.3 Å². The van der Waals surface area contributed by atoms with Crippen LogP contribution in [0.25, 0.3) is 11.0 Å². The van der Waals surface area contributed by atoms with E-state index in [2.05, 4.69) is 5.32 Å². The quantitative estimate of drug-likeness (QED) is 0.521. The van der Waals surface area contributed by atoms with Crippen molar-refractivity contribution in [1.82, 2.24) is 5.32 Å². The van der Waals surface area contributed by atoms with E-state index in [1.807, 2.05) is 0 Å². The summed E-state index contributed by atoms with van der Waals surface area (Å²) in [4.78, 5) is 35.0. The highest BCUT2D eigenvalue weighted by atomic mass is 16.6. The lowest BCUT2D eigenvalue weighted by molar-refractivity contribution is -0.133. The van der Waals surface area contributed by atoms with Crippen LogP contribution in [0.1, 0.15) is 31.9 Å². The molecule has 25 heavy (non-hydrogen) atoms. The second kappa shape index (κ2) is 6.96. The van der Waals surface area contributed by atoms with Crippen LogP contribution in [0.15, 0.2) is 27.4 Å². The highest BCUT2D eigenvalue weighted by molar-refractivity contribution is 5.86. The van der Waals surface area contributed by atoms with Crippen LogP contribution in [-0.4, -0.2) is 24.2 Å². The minimum absolute atomic E-state index is 0.261. The molecule has 1 aromatic carbocycles. The third-order valence-electron chi connectivity index (χ3n) is 3.32. The highest BCUT2D eigenvalue weighted by Crippen LogP contribution is 2.28. The summed E-state index contributed by atoms with van der Waals surface area (Å²) >= 11 is 0. The zero-order chi connectivity index (χ0) is 18.8. The first kappa shape index (κ1) is 18.5. The van der Waals surface area contributed by atoms with Crippen molar-refractivity contribution in [3.63, 3.8) is 0 Å². The van der Waals surface area contributed by atoms with E-state index in [-0.39, 0.29) is 12.3 Å². The van der Waals surface area contributed by atoms with Gasteiger partial charge in [-0.1, -0.05) is 0 Å². The molecule has 0 aliphatic carbocycles. The lowest BCUT2D eigenvalue weighted by Gasteiger charge is -2.19. The summed E-state index contributed by atoms with van der Waals surface area (Å²) in [5.74, 6) is -0.402. The molecular weight excluding hydrogens is 326 g/mol. The molecule has 0 aliphatic rings. The number of esters is 1. The van der Waals surface area contributed by atoms with Gasteiger partial charge >= 0.3 is 17.7 Å². The zero-order valence-corrected chi connectivity index (χ0v) is 14.9. The van der Waals surface area contributed by atoms with E-state index in [4.69, 9.17) is 13.9 Å². The Bertz CT molecular complexity index is 875. The molecule has 1 heterocycles. The van der Waals surface area contributed by atoms with E-state index in [9.17, 15) is 14.4 Å². The smallest absolute Gasteiger partial charge is 0.408 e. The second-order valence-electron chi connectivity index (χ2n) is 6.64. The van der Waals surface area contributed by atoms with Crippen molar-refractivity contribution < 1.29 is 23.5 Å². The summed E-state index contributed by atoms with van der Waals surface area (Å²) in [6, 6.07) is 4.73. The SMILES string of the molecule is Cc1cc(=O)oc2c(C)c(OC(=O)CNC(=O)OC(C)(C)C)ccc12. The number of alkyl carbamates (subject to hydrolysis) is 1. The van der Waals surface area contributed by atoms with Crippen LogP contribution in [0.4, 0.5) is 4.79 Å². The predicted octanol–water partition coefficient (Wildman–Crippen LogP) is 2.84. The summed E-state index contributed by atoms with van der Waals surface area (Å²) in [6.07, 6.45) is -0.707. The highest BCUT2D eigenvalue weighted by Gasteiger charge is 2.18. The van der Waals surface area contributed by atoms with E-state index < -0.39 is 23.3 Å². The maximum absolute atomic E-state index is 11.9. The van der Waals surface area contributed by atoms with Crippen molar-refractivity contribution in [3.05, 3.63) is 39.7 Å². The fraction of sp³-hybridized carbons (Fsp3) is 0.389. The third kappa shape index (κ3) is 4.82. The van der Waals surface area contributed by atoms with E-state index >= 15 is 0 Å². The molecule has 0 saturated heterocycles. The van der Waals surface area contributed by atoms with E-state index in [0.717, 1.165) is 10.9 Å². The van der Waals surface area contributed by atoms with Crippen LogP contribution >= 0.6 is 0 Å². The van der Waals surface area contributed by atoms with E-state index in [1.54, 1.807) is 46.8 Å². The number of nitrogens with one attached hydrogen (secondary N) is 1. The standard InChI is InChI=1S/C18H21NO6/c1-10-8-14(20)24-16-11(2)13(7-6-12(10)16)23-15(21)9-19-17(22)25-18(3,4)5/h6-8H,9H2,1-5H3,(H,19,22). The molecule has 0 fully saturated rings. The molecule has 134 valence electrons. The monoisotopic (exact) mass is 347 g/mol. The van der Waals surface area contributed by atoms with Gasteiger partial charge in [0.2, 0.25) is 0 Å². The maximum atomic E-state index is 11.9. The molecule has 7 heteroatoms. The number of benzene rings is 1. The Hall–Kier alpha value is -2.83. The van der Waals surface area contributed by atoms with Crippen LogP contribution in [0.2, 0.25) is 0 Å². The number of carbonyl (C=O) groups excluding carboxylic acids is 2. The Labute approximate surface area is 144 Å². The predicted molar refractivity (Wildman–Crippen MR) is 91.8 cm³/mol. The largest absolute Gasteiger partial charge is 0.444 e. The van der Waals surface area contributed by atoms with Gasteiger partial charge in [0.15, 0.2) is 0 Å². The fourth-order valence-corrected chi connectivity index (χ4v) is 2.23. The number of aryl methyl sites for hydroxylation is 2. The molecule has 0 bridgehead atoms. The second-order valence-corrected chi connectivity index (χ2v) is 6.64. The van der Waals surface area contributed by atoms with E-state index in [0.29, 0.717) is 11.1 Å². The number of carbonyl (C=O) groups is 2. The van der Waals surface area contributed by atoms with Crippen molar-refractivity contribution >= 4 is 23.0 Å². The van der Waals surface area contributed by atoms with Crippen LogP contribution in [-0.2, 0) is 9.53 Å². The topological polar surface area (TPSA) is 94.8 Å². The first-order chi connectivity index (χ1) is 11.6. The number of hydrogen-bond acceptors (Lipinski definition) is 6. The average molecular weight is 347 g/mol. The van der Waals surface area contributed by atoms with Gasteiger partial charge in [-0.25, -0.2) is 14.4 Å². The van der Waals surface area contributed by atoms with Crippen LogP contribution in [0, 0.1) is 13.8 Å². The number of fused-ring (bicyclic) bond motifs is 1. The van der Waals surface area contributed by atoms with E-state index in [1.165, 1.54) is 6.07 Å². The Balaban J connectivity index is 2.10. The Morgan fingerprint density at radius 3 is 2.52 bits per heavy atom. The number of ether oxygens (including phenoxy) is 2. The van der Waals surface area contributed by atoms with Gasteiger partial charge in [-0.15, -0.1) is 0 Å². The third-order valence-corrected chi connectivity index (χ3v) is 3.32. The van der Waals surface area contributed by atoms with Gasteiger partial charge in [0.1, 0.15) is 23.5 Å². The molecule has 7 nitrogen and oxygen atoms in total. The normalized spacial score (nSPS) is 11.2. The Morgan fingerprint density at radius 1 is 1.20 bits per heavy atom. The molecule has 0 saturated carbocycles. The van der Waals surface area contributed by atoms with Crippen molar-refractivity contribution in [2.45, 2.75) is 40.2 Å². The summed E-state index contributed by atoms with van der Waals surface area (Å²) < 4.78 is 15.5. The number of hydrogen-bond donors (Lipinski definition) is 1. The van der Waals surface area contributed by atoms with Gasteiger partial charge in [0, 0.05) is 17.0 Å². The van der Waals surface area contributed by atoms with Crippen LogP contribution < -0.4 is 15.7 Å². The number of rotatable bonds is 3. The van der Waals surface area contributed by atoms with Gasteiger partial charge in [0.25, 0.3) is 0 Å². The Kier molecular flexibility index (Phi) is 5.15. The summed E-state index contributed by atoms with van der Waals surface area (Å²) in [7, 11) is 0. The lowest BCUT2D eigenvalue weighted by atomic mass is 10.1. The van der Waals surface area contributed by atoms with Gasteiger partial charge < -0.3 is 19.2 Å². The number of amides is 1. The summed E-state index contributed by atoms with van der Waals surface area (Å²) in [6.45, 7) is 8.31. The zero-order valence-electron chi connectivity index (χ0n) is 14.9. The molecule has 0 unspecified atom stereocenters. The molecule has 2 aromatic rings. The van der Waals surface area contributed by atoms with Crippen molar-refractivity contribution in [2.75, 3.05) is 6.54 Å². The summed E-state index contributed by atoms with van der Waals surface area (Å²) in [5, 5.41) is 3.09. The maximum Gasteiger partial charge on any atom is 0.408 e. The Morgan fingerprint density at radius 2 is 1.88 bits per heavy atom. The summed E-state index contributed by atoms with van der Waals surface area (Å²) in [5.41, 5.74) is 0.555. The molecule has 2 rings (SSSR count). The van der Waals surface area contributed by atoms with Gasteiger partial charge in [0.05, 0.1) is 0 Å². The molecule has 1 amide bonds. The lowest BCUT2D eigenvalue weighted by Crippen LogP contribution is -2.36. The average Bonchev–Trinajstić information content (AvgIpc) is 2.47. The molecular formula is C18H21NO6. The van der Waals surface area contributed by atoms with Gasteiger partial charge in [-0.3, -0.25) is 0 Å². The van der Waals surface area contributed by atoms with Crippen molar-refractivity contribution in [1.29, 1.82) is 0 Å². The van der Waals surface area contributed by atoms with Crippen molar-refractivity contribution in [2.24, 2.45) is 0 Å². The molecule has 0 aliphatic heterocycles. The van der Waals surface area contributed by atoms with Gasteiger partial charge in [-0.2, -0.15) is 0 Å². The van der Waals surface area contributed by atoms with Crippen LogP contribution in [0.3, 0.4) is 0 Å². The molecule has 0 spiro atoms. The van der Waals surface area contributed by atoms with Crippen molar-refractivity contribution in [3.8, 4) is 5.75 Å².